The number of carbonyl (C=O) groups is 1. The van der Waals surface area contributed by atoms with Crippen molar-refractivity contribution in [3.05, 3.63) is 34.1 Å². The standard InChI is InChI=1S/C9H7BrFN3O/c10-4-1-2-6(11)5(3-4)7-8(15)14-9(12)13-7/h1-3,7H,(H3,12,13,14,15). The number of nitrogens with two attached hydrogens (primary N) is 1. The van der Waals surface area contributed by atoms with Gasteiger partial charge in [0.2, 0.25) is 0 Å². The number of hydrogen-bond acceptors (Lipinski definition) is 3. The molecule has 2 rings (SSSR count). The van der Waals surface area contributed by atoms with E-state index in [-0.39, 0.29) is 11.5 Å². The third kappa shape index (κ3) is 1.85. The molecule has 0 saturated carbocycles. The van der Waals surface area contributed by atoms with E-state index in [9.17, 15) is 9.18 Å². The van der Waals surface area contributed by atoms with Crippen molar-refractivity contribution in [1.82, 2.24) is 5.32 Å². The molecule has 1 atom stereocenters. The number of amides is 1. The number of hydrogen-bond donors (Lipinski definition) is 2. The molecule has 1 aliphatic heterocycles. The number of benzene rings is 1. The fraction of sp³-hybridized carbons (Fsp3) is 0.111. The van der Waals surface area contributed by atoms with Crippen LogP contribution in [0.2, 0.25) is 0 Å². The lowest BCUT2D eigenvalue weighted by molar-refractivity contribution is -0.120. The smallest absolute Gasteiger partial charge is 0.256 e. The van der Waals surface area contributed by atoms with Crippen LogP contribution in [0.15, 0.2) is 27.7 Å². The van der Waals surface area contributed by atoms with Gasteiger partial charge in [-0.2, -0.15) is 0 Å². The quantitative estimate of drug-likeness (QED) is 0.803. The molecule has 0 aliphatic carbocycles. The minimum Gasteiger partial charge on any atom is -0.370 e. The SMILES string of the molecule is NC1=NC(c2cc(Br)ccc2F)C(=O)N1. The summed E-state index contributed by atoms with van der Waals surface area (Å²) in [5, 5.41) is 2.32. The second-order valence-electron chi connectivity index (χ2n) is 3.07. The van der Waals surface area contributed by atoms with Crippen LogP contribution >= 0.6 is 15.9 Å². The van der Waals surface area contributed by atoms with E-state index in [4.69, 9.17) is 5.73 Å². The monoisotopic (exact) mass is 271 g/mol. The number of nitrogens with one attached hydrogen (secondary N) is 1. The summed E-state index contributed by atoms with van der Waals surface area (Å²) in [7, 11) is 0. The molecule has 6 heteroatoms. The van der Waals surface area contributed by atoms with Gasteiger partial charge in [0.25, 0.3) is 5.91 Å². The number of aliphatic imine (C=N–C) groups is 1. The van der Waals surface area contributed by atoms with Crippen molar-refractivity contribution in [2.75, 3.05) is 0 Å². The highest BCUT2D eigenvalue weighted by Gasteiger charge is 2.28. The van der Waals surface area contributed by atoms with Crippen molar-refractivity contribution < 1.29 is 9.18 Å². The summed E-state index contributed by atoms with van der Waals surface area (Å²) in [6, 6.07) is 3.46. The predicted molar refractivity (Wildman–Crippen MR) is 56.6 cm³/mol. The average molecular weight is 272 g/mol. The minimum atomic E-state index is -0.887. The summed E-state index contributed by atoms with van der Waals surface area (Å²) in [6.45, 7) is 0. The largest absolute Gasteiger partial charge is 0.370 e. The Bertz CT molecular complexity index is 461. The molecule has 1 heterocycles. The maximum absolute atomic E-state index is 13.4. The number of carbonyl (C=O) groups excluding carboxylic acids is 1. The van der Waals surface area contributed by atoms with E-state index in [1.807, 2.05) is 0 Å². The molecule has 78 valence electrons. The van der Waals surface area contributed by atoms with Crippen molar-refractivity contribution in [2.45, 2.75) is 6.04 Å². The van der Waals surface area contributed by atoms with Gasteiger partial charge < -0.3 is 5.73 Å². The summed E-state index contributed by atoms with van der Waals surface area (Å²) in [5.41, 5.74) is 5.54. The number of nitrogens with zero attached hydrogens (tertiary/aromatic N) is 1. The van der Waals surface area contributed by atoms with Crippen LogP contribution in [-0.2, 0) is 4.79 Å². The lowest BCUT2D eigenvalue weighted by atomic mass is 10.1. The van der Waals surface area contributed by atoms with Gasteiger partial charge in [0, 0.05) is 10.0 Å². The van der Waals surface area contributed by atoms with Gasteiger partial charge in [-0.1, -0.05) is 15.9 Å². The Balaban J connectivity index is 2.45. The van der Waals surface area contributed by atoms with Crippen molar-refractivity contribution in [3.8, 4) is 0 Å². The van der Waals surface area contributed by atoms with Crippen molar-refractivity contribution in [3.63, 3.8) is 0 Å². The Hall–Kier alpha value is -1.43. The zero-order valence-electron chi connectivity index (χ0n) is 7.50. The highest BCUT2D eigenvalue weighted by Crippen LogP contribution is 2.26. The summed E-state index contributed by atoms with van der Waals surface area (Å²) in [5.74, 6) is -0.870. The molecule has 0 radical (unpaired) electrons. The molecule has 1 amide bonds. The molecule has 0 bridgehead atoms. The Morgan fingerprint density at radius 3 is 2.87 bits per heavy atom. The predicted octanol–water partition coefficient (Wildman–Crippen LogP) is 1.07. The number of halogens is 2. The molecular weight excluding hydrogens is 265 g/mol. The zero-order valence-corrected chi connectivity index (χ0v) is 9.08. The van der Waals surface area contributed by atoms with Gasteiger partial charge >= 0.3 is 0 Å². The summed E-state index contributed by atoms with van der Waals surface area (Å²) < 4.78 is 14.1. The molecule has 0 fully saturated rings. The average Bonchev–Trinajstić information content (AvgIpc) is 2.50. The second kappa shape index (κ2) is 3.62. The van der Waals surface area contributed by atoms with Crippen LogP contribution in [0.25, 0.3) is 0 Å². The first-order chi connectivity index (χ1) is 7.08. The van der Waals surface area contributed by atoms with Gasteiger partial charge in [-0.3, -0.25) is 10.1 Å². The first-order valence-corrected chi connectivity index (χ1v) is 4.96. The number of rotatable bonds is 1. The topological polar surface area (TPSA) is 67.5 Å². The molecule has 0 saturated heterocycles. The molecule has 1 aromatic carbocycles. The van der Waals surface area contributed by atoms with E-state index in [0.29, 0.717) is 4.47 Å². The lowest BCUT2D eigenvalue weighted by Gasteiger charge is -2.06. The van der Waals surface area contributed by atoms with E-state index in [2.05, 4.69) is 26.2 Å². The number of guanidine groups is 1. The van der Waals surface area contributed by atoms with Gasteiger partial charge in [-0.25, -0.2) is 9.38 Å². The normalized spacial score (nSPS) is 20.0. The molecule has 3 N–H and O–H groups in total. The first kappa shape index (κ1) is 10.1. The highest BCUT2D eigenvalue weighted by atomic mass is 79.9. The van der Waals surface area contributed by atoms with Gasteiger partial charge in [-0.15, -0.1) is 0 Å². The van der Waals surface area contributed by atoms with E-state index in [0.717, 1.165) is 0 Å². The maximum Gasteiger partial charge on any atom is 0.256 e. The fourth-order valence-electron chi connectivity index (χ4n) is 1.36. The molecule has 1 unspecified atom stereocenters. The van der Waals surface area contributed by atoms with Crippen LogP contribution in [0.5, 0.6) is 0 Å². The van der Waals surface area contributed by atoms with E-state index in [1.165, 1.54) is 12.1 Å². The zero-order chi connectivity index (χ0) is 11.0. The summed E-state index contributed by atoms with van der Waals surface area (Å²) >= 11 is 3.20. The highest BCUT2D eigenvalue weighted by molar-refractivity contribution is 9.10. The fourth-order valence-corrected chi connectivity index (χ4v) is 1.74. The third-order valence-corrected chi connectivity index (χ3v) is 2.51. The van der Waals surface area contributed by atoms with E-state index >= 15 is 0 Å². The molecule has 4 nitrogen and oxygen atoms in total. The molecule has 1 aliphatic rings. The van der Waals surface area contributed by atoms with Crippen LogP contribution in [-0.4, -0.2) is 11.9 Å². The van der Waals surface area contributed by atoms with E-state index in [1.54, 1.807) is 6.07 Å². The van der Waals surface area contributed by atoms with Crippen LogP contribution < -0.4 is 11.1 Å². The van der Waals surface area contributed by atoms with Crippen molar-refractivity contribution >= 4 is 27.8 Å². The lowest BCUT2D eigenvalue weighted by Crippen LogP contribution is -2.31. The Morgan fingerprint density at radius 1 is 1.53 bits per heavy atom. The summed E-state index contributed by atoms with van der Waals surface area (Å²) in [6.07, 6.45) is 0. The molecule has 1 aromatic rings. The maximum atomic E-state index is 13.4. The summed E-state index contributed by atoms with van der Waals surface area (Å²) in [4.78, 5) is 15.2. The third-order valence-electron chi connectivity index (χ3n) is 2.02. The van der Waals surface area contributed by atoms with Crippen LogP contribution in [0.4, 0.5) is 4.39 Å². The Labute approximate surface area is 93.5 Å². The first-order valence-electron chi connectivity index (χ1n) is 4.17. The minimum absolute atomic E-state index is 0.0179. The van der Waals surface area contributed by atoms with Crippen LogP contribution in [0.3, 0.4) is 0 Å². The van der Waals surface area contributed by atoms with Crippen LogP contribution in [0.1, 0.15) is 11.6 Å². The Morgan fingerprint density at radius 2 is 2.27 bits per heavy atom. The molecule has 0 aromatic heterocycles. The molecular formula is C9H7BrFN3O. The van der Waals surface area contributed by atoms with Crippen molar-refractivity contribution in [2.24, 2.45) is 10.7 Å². The van der Waals surface area contributed by atoms with Gasteiger partial charge in [-0.05, 0) is 18.2 Å². The van der Waals surface area contributed by atoms with Gasteiger partial charge in [0.05, 0.1) is 0 Å². The van der Waals surface area contributed by atoms with E-state index < -0.39 is 17.8 Å². The Kier molecular flexibility index (Phi) is 2.44. The molecule has 0 spiro atoms. The second-order valence-corrected chi connectivity index (χ2v) is 3.99. The van der Waals surface area contributed by atoms with Gasteiger partial charge in [0.15, 0.2) is 12.0 Å². The molecule has 15 heavy (non-hydrogen) atoms. The van der Waals surface area contributed by atoms with Gasteiger partial charge in [0.1, 0.15) is 5.82 Å². The van der Waals surface area contributed by atoms with Crippen molar-refractivity contribution in [1.29, 1.82) is 0 Å². The van der Waals surface area contributed by atoms with Crippen LogP contribution in [0, 0.1) is 5.82 Å².